The van der Waals surface area contributed by atoms with Crippen molar-refractivity contribution in [2.45, 2.75) is 91.9 Å². The minimum atomic E-state index is -0.699. The van der Waals surface area contributed by atoms with E-state index < -0.39 is 11.4 Å². The van der Waals surface area contributed by atoms with Gasteiger partial charge in [0, 0.05) is 16.5 Å². The van der Waals surface area contributed by atoms with Gasteiger partial charge in [0.1, 0.15) is 0 Å². The monoisotopic (exact) mass is 480 g/mol. The third-order valence-electron chi connectivity index (χ3n) is 11.6. The summed E-state index contributed by atoms with van der Waals surface area (Å²) in [5.74, 6) is 0.0286. The van der Waals surface area contributed by atoms with Crippen molar-refractivity contribution in [2.75, 3.05) is 7.11 Å². The first kappa shape index (κ1) is 24.4. The van der Waals surface area contributed by atoms with Crippen molar-refractivity contribution >= 4 is 11.8 Å². The van der Waals surface area contributed by atoms with Crippen LogP contribution in [0.1, 0.15) is 101 Å². The normalized spacial score (nSPS) is 42.2. The van der Waals surface area contributed by atoms with E-state index in [0.717, 1.165) is 44.1 Å². The van der Waals surface area contributed by atoms with Crippen LogP contribution in [-0.4, -0.2) is 29.1 Å². The standard InChI is InChI=1S/C30H40O5/c1-17-23-18(14-20(32)24(17)35-7)28(4)11-13-30(6)22-16-27(3,25(33)34)9-8-26(22,2)10-12-29(30,5)21(28)15-19(23)31/h14-15,22,32H,8-13,16H2,1-7H3,(H,33,34). The van der Waals surface area contributed by atoms with E-state index in [2.05, 4.69) is 27.7 Å². The predicted octanol–water partition coefficient (Wildman–Crippen LogP) is 6.59. The first-order chi connectivity index (χ1) is 16.2. The molecule has 5 heteroatoms. The number of carbonyl (C=O) groups excluding carboxylic acids is 1. The lowest BCUT2D eigenvalue weighted by molar-refractivity contribution is -0.177. The van der Waals surface area contributed by atoms with Crippen LogP contribution in [0.5, 0.6) is 11.5 Å². The molecule has 35 heavy (non-hydrogen) atoms. The average Bonchev–Trinajstić information content (AvgIpc) is 2.79. The second-order valence-corrected chi connectivity index (χ2v) is 13.3. The Morgan fingerprint density at radius 3 is 2.31 bits per heavy atom. The summed E-state index contributed by atoms with van der Waals surface area (Å²) >= 11 is 0. The van der Waals surface area contributed by atoms with Gasteiger partial charge in [-0.1, -0.05) is 27.7 Å². The zero-order valence-corrected chi connectivity index (χ0v) is 22.3. The smallest absolute Gasteiger partial charge is 0.309 e. The van der Waals surface area contributed by atoms with Crippen LogP contribution < -0.4 is 4.74 Å². The SMILES string of the molecule is COc1c(O)cc2c(c1C)C(=O)C=C1C2(C)CCC2(C)C3CC(C)(C(=O)O)CCC3(C)CCC12C. The van der Waals surface area contributed by atoms with Crippen LogP contribution in [-0.2, 0) is 10.2 Å². The Labute approximate surface area is 209 Å². The van der Waals surface area contributed by atoms with Crippen LogP contribution in [0.25, 0.3) is 0 Å². The summed E-state index contributed by atoms with van der Waals surface area (Å²) in [4.78, 5) is 25.9. The highest BCUT2D eigenvalue weighted by Gasteiger charge is 2.67. The third-order valence-corrected chi connectivity index (χ3v) is 11.6. The Bertz CT molecular complexity index is 1180. The van der Waals surface area contributed by atoms with Gasteiger partial charge in [-0.15, -0.1) is 0 Å². The second-order valence-electron chi connectivity index (χ2n) is 13.3. The summed E-state index contributed by atoms with van der Waals surface area (Å²) < 4.78 is 5.42. The van der Waals surface area contributed by atoms with E-state index in [9.17, 15) is 19.8 Å². The van der Waals surface area contributed by atoms with Gasteiger partial charge in [-0.25, -0.2) is 0 Å². The molecular weight excluding hydrogens is 440 g/mol. The number of hydrogen-bond donors (Lipinski definition) is 2. The number of ketones is 1. The number of fused-ring (bicyclic) bond motifs is 7. The number of carboxylic acid groups (broad SMARTS) is 1. The Morgan fingerprint density at radius 1 is 1.03 bits per heavy atom. The lowest BCUT2D eigenvalue weighted by Crippen LogP contribution is -2.62. The minimum absolute atomic E-state index is 0.0129. The van der Waals surface area contributed by atoms with E-state index in [1.54, 1.807) is 6.07 Å². The highest BCUT2D eigenvalue weighted by Crippen LogP contribution is 2.74. The van der Waals surface area contributed by atoms with Gasteiger partial charge < -0.3 is 14.9 Å². The van der Waals surface area contributed by atoms with Crippen molar-refractivity contribution in [2.24, 2.45) is 27.6 Å². The molecule has 5 rings (SSSR count). The Kier molecular flexibility index (Phi) is 4.98. The molecule has 0 heterocycles. The number of phenols is 1. The number of allylic oxidation sites excluding steroid dienone is 2. The molecule has 4 aliphatic rings. The maximum absolute atomic E-state index is 13.7. The van der Waals surface area contributed by atoms with E-state index in [-0.39, 0.29) is 39.1 Å². The van der Waals surface area contributed by atoms with E-state index in [1.807, 2.05) is 19.9 Å². The van der Waals surface area contributed by atoms with Gasteiger partial charge in [-0.2, -0.15) is 0 Å². The summed E-state index contributed by atoms with van der Waals surface area (Å²) in [5.41, 5.74) is 2.17. The molecule has 0 radical (unpaired) electrons. The van der Waals surface area contributed by atoms with Gasteiger partial charge in [-0.05, 0) is 104 Å². The maximum atomic E-state index is 13.7. The van der Waals surface area contributed by atoms with Crippen LogP contribution in [0.4, 0.5) is 0 Å². The summed E-state index contributed by atoms with van der Waals surface area (Å²) in [6.07, 6.45) is 8.12. The van der Waals surface area contributed by atoms with Crippen molar-refractivity contribution in [3.8, 4) is 11.5 Å². The first-order valence-corrected chi connectivity index (χ1v) is 13.1. The van der Waals surface area contributed by atoms with E-state index in [1.165, 1.54) is 12.7 Å². The molecule has 0 amide bonds. The minimum Gasteiger partial charge on any atom is -0.504 e. The Balaban J connectivity index is 1.67. The number of ether oxygens (including phenoxy) is 1. The second kappa shape index (κ2) is 7.14. The number of benzene rings is 1. The third kappa shape index (κ3) is 2.87. The van der Waals surface area contributed by atoms with Gasteiger partial charge in [0.05, 0.1) is 12.5 Å². The van der Waals surface area contributed by atoms with Crippen molar-refractivity contribution in [1.29, 1.82) is 0 Å². The zero-order chi connectivity index (χ0) is 25.8. The molecule has 2 N–H and O–H groups in total. The lowest BCUT2D eigenvalue weighted by atomic mass is 9.34. The summed E-state index contributed by atoms with van der Waals surface area (Å²) in [5, 5.41) is 20.9. The lowest BCUT2D eigenvalue weighted by Gasteiger charge is -2.69. The predicted molar refractivity (Wildman–Crippen MR) is 135 cm³/mol. The maximum Gasteiger partial charge on any atom is 0.309 e. The highest BCUT2D eigenvalue weighted by molar-refractivity contribution is 6.10. The van der Waals surface area contributed by atoms with Gasteiger partial charge >= 0.3 is 5.97 Å². The fourth-order valence-electron chi connectivity index (χ4n) is 8.97. The molecule has 6 atom stereocenters. The quantitative estimate of drug-likeness (QED) is 0.499. The van der Waals surface area contributed by atoms with Gasteiger partial charge in [0.15, 0.2) is 17.3 Å². The molecule has 0 spiro atoms. The number of aromatic hydroxyl groups is 1. The molecule has 0 bridgehead atoms. The van der Waals surface area contributed by atoms with Crippen molar-refractivity contribution < 1.29 is 24.5 Å². The van der Waals surface area contributed by atoms with Gasteiger partial charge in [-0.3, -0.25) is 9.59 Å². The number of rotatable bonds is 2. The van der Waals surface area contributed by atoms with Gasteiger partial charge in [0.2, 0.25) is 0 Å². The molecular formula is C30H40O5. The van der Waals surface area contributed by atoms with Gasteiger partial charge in [0.25, 0.3) is 0 Å². The molecule has 3 fully saturated rings. The number of hydrogen-bond acceptors (Lipinski definition) is 4. The Hall–Kier alpha value is -2.30. The Morgan fingerprint density at radius 2 is 1.69 bits per heavy atom. The number of phenolic OH excluding ortho intramolecular Hbond substituents is 1. The number of aliphatic carboxylic acids is 1. The molecule has 1 aromatic carbocycles. The number of methoxy groups -OCH3 is 1. The number of carbonyl (C=O) groups is 2. The molecule has 5 nitrogen and oxygen atoms in total. The average molecular weight is 481 g/mol. The molecule has 4 aliphatic carbocycles. The van der Waals surface area contributed by atoms with Crippen LogP contribution in [0, 0.1) is 34.5 Å². The molecule has 0 saturated heterocycles. The fraction of sp³-hybridized carbons (Fsp3) is 0.667. The zero-order valence-electron chi connectivity index (χ0n) is 22.3. The largest absolute Gasteiger partial charge is 0.504 e. The van der Waals surface area contributed by atoms with Crippen LogP contribution in [0.2, 0.25) is 0 Å². The van der Waals surface area contributed by atoms with Crippen LogP contribution in [0.3, 0.4) is 0 Å². The first-order valence-electron chi connectivity index (χ1n) is 13.1. The van der Waals surface area contributed by atoms with Crippen LogP contribution in [0.15, 0.2) is 17.7 Å². The summed E-state index contributed by atoms with van der Waals surface area (Å²) in [6, 6.07) is 1.76. The fourth-order valence-corrected chi connectivity index (χ4v) is 8.97. The van der Waals surface area contributed by atoms with Crippen molar-refractivity contribution in [1.82, 2.24) is 0 Å². The van der Waals surface area contributed by atoms with E-state index in [4.69, 9.17) is 4.74 Å². The van der Waals surface area contributed by atoms with Crippen LogP contribution >= 0.6 is 0 Å². The highest BCUT2D eigenvalue weighted by atomic mass is 16.5. The number of carboxylic acids is 1. The summed E-state index contributed by atoms with van der Waals surface area (Å²) in [6.45, 7) is 13.1. The molecule has 0 aliphatic heterocycles. The molecule has 3 saturated carbocycles. The van der Waals surface area contributed by atoms with E-state index in [0.29, 0.717) is 23.3 Å². The molecule has 190 valence electrons. The van der Waals surface area contributed by atoms with E-state index >= 15 is 0 Å². The topological polar surface area (TPSA) is 83.8 Å². The molecule has 0 aromatic heterocycles. The molecule has 6 unspecified atom stereocenters. The summed E-state index contributed by atoms with van der Waals surface area (Å²) in [7, 11) is 1.52. The molecule has 1 aromatic rings. The van der Waals surface area contributed by atoms with Crippen molar-refractivity contribution in [3.63, 3.8) is 0 Å². The van der Waals surface area contributed by atoms with Crippen molar-refractivity contribution in [3.05, 3.63) is 34.4 Å².